The fourth-order valence-corrected chi connectivity index (χ4v) is 8.33. The van der Waals surface area contributed by atoms with Crippen molar-refractivity contribution >= 4 is 40.3 Å². The fraction of sp³-hybridized carbons (Fsp3) is 0.154. The Morgan fingerprint density at radius 3 is 1.91 bits per heavy atom. The molecular weight excluding hydrogens is 908 g/mol. The predicted molar refractivity (Wildman–Crippen MR) is 239 cm³/mol. The van der Waals surface area contributed by atoms with Gasteiger partial charge in [-0.3, -0.25) is 0 Å². The van der Waals surface area contributed by atoms with Gasteiger partial charge >= 0.3 is 0 Å². The third kappa shape index (κ3) is 7.78. The standard InChI is InChI=1S/C52H45N4S.Pt/c1-51(2,3)38-30-39(52(4,5)6)32-41(31-38)55-28-27-54(35-55)40-17-14-18-42(33-40)57-43-23-25-47-45-20-11-10-19-44(45)46-24-22-37(36-15-8-7-9-16-36)29-48(46)56(49(47)34-43)50-21-12-13-26-53-50;/h7-32,35H,1-6H3;/q-3;. The average molecular weight is 953 g/mol. The summed E-state index contributed by atoms with van der Waals surface area (Å²) in [6.45, 7) is 15.8. The van der Waals surface area contributed by atoms with Gasteiger partial charge in [0.05, 0.1) is 5.69 Å². The van der Waals surface area contributed by atoms with E-state index in [0.29, 0.717) is 0 Å². The Morgan fingerprint density at radius 2 is 1.21 bits per heavy atom. The number of aromatic nitrogens is 1. The molecule has 2 aliphatic rings. The van der Waals surface area contributed by atoms with Crippen molar-refractivity contribution in [1.82, 2.24) is 4.98 Å². The van der Waals surface area contributed by atoms with Crippen LogP contribution in [0.4, 0.5) is 28.6 Å². The second-order valence-corrected chi connectivity index (χ2v) is 17.8. The Bertz CT molecular complexity index is 2590. The molecule has 58 heavy (non-hydrogen) atoms. The molecule has 0 amide bonds. The van der Waals surface area contributed by atoms with E-state index in [-0.39, 0.29) is 31.9 Å². The van der Waals surface area contributed by atoms with Crippen molar-refractivity contribution in [1.29, 1.82) is 0 Å². The maximum Gasteiger partial charge on any atom is 0.135 e. The molecule has 0 spiro atoms. The number of pyridine rings is 1. The summed E-state index contributed by atoms with van der Waals surface area (Å²) in [4.78, 5) is 13.6. The summed E-state index contributed by atoms with van der Waals surface area (Å²) in [7, 11) is 0. The Labute approximate surface area is 362 Å². The van der Waals surface area contributed by atoms with Gasteiger partial charge in [0, 0.05) is 38.5 Å². The zero-order valence-corrected chi connectivity index (χ0v) is 36.7. The number of hydrogen-bond donors (Lipinski definition) is 0. The van der Waals surface area contributed by atoms with E-state index in [1.165, 1.54) is 27.8 Å². The zero-order chi connectivity index (χ0) is 39.3. The molecule has 0 aliphatic carbocycles. The van der Waals surface area contributed by atoms with Crippen LogP contribution in [-0.2, 0) is 31.9 Å². The quantitative estimate of drug-likeness (QED) is 0.155. The molecule has 0 bridgehead atoms. The molecule has 0 fully saturated rings. The van der Waals surface area contributed by atoms with Gasteiger partial charge in [-0.05, 0) is 81.4 Å². The predicted octanol–water partition coefficient (Wildman–Crippen LogP) is 14.1. The van der Waals surface area contributed by atoms with Crippen molar-refractivity contribution in [3.05, 3.63) is 188 Å². The molecule has 0 N–H and O–H groups in total. The molecule has 7 aromatic rings. The van der Waals surface area contributed by atoms with E-state index in [1.54, 1.807) is 11.8 Å². The van der Waals surface area contributed by atoms with E-state index < -0.39 is 0 Å². The molecule has 2 aliphatic heterocycles. The van der Waals surface area contributed by atoms with Crippen LogP contribution in [0.15, 0.2) is 168 Å². The van der Waals surface area contributed by atoms with Crippen molar-refractivity contribution < 1.29 is 21.1 Å². The van der Waals surface area contributed by atoms with Crippen molar-refractivity contribution in [3.8, 4) is 33.4 Å². The van der Waals surface area contributed by atoms with Gasteiger partial charge in [0.2, 0.25) is 0 Å². The van der Waals surface area contributed by atoms with Gasteiger partial charge in [-0.2, -0.15) is 30.3 Å². The van der Waals surface area contributed by atoms with Gasteiger partial charge in [0.15, 0.2) is 0 Å². The third-order valence-corrected chi connectivity index (χ3v) is 11.6. The molecular formula is C52H45N4PtS-3. The molecule has 0 saturated carbocycles. The van der Waals surface area contributed by atoms with Crippen LogP contribution in [0.25, 0.3) is 33.4 Å². The fourth-order valence-electron chi connectivity index (χ4n) is 7.51. The minimum atomic E-state index is 0. The van der Waals surface area contributed by atoms with E-state index in [1.807, 2.05) is 12.3 Å². The van der Waals surface area contributed by atoms with Crippen LogP contribution in [0.2, 0.25) is 0 Å². The van der Waals surface area contributed by atoms with Crippen LogP contribution in [0.1, 0.15) is 52.7 Å². The number of rotatable bonds is 6. The van der Waals surface area contributed by atoms with Crippen LogP contribution in [0.5, 0.6) is 0 Å². The Kier molecular flexibility index (Phi) is 10.7. The summed E-state index contributed by atoms with van der Waals surface area (Å²) in [6.07, 6.45) is 6.11. The zero-order valence-electron chi connectivity index (χ0n) is 33.6. The van der Waals surface area contributed by atoms with Crippen LogP contribution in [-0.4, -0.2) is 4.98 Å². The number of nitrogens with zero attached hydrogens (tertiary/aromatic N) is 4. The van der Waals surface area contributed by atoms with Crippen LogP contribution in [0, 0.1) is 18.8 Å². The first kappa shape index (κ1) is 39.5. The van der Waals surface area contributed by atoms with Crippen LogP contribution < -0.4 is 14.7 Å². The Morgan fingerprint density at radius 1 is 0.552 bits per heavy atom. The SMILES string of the molecule is CC(C)(C)c1cc(N2C=CN(c3[c-]c(Sc4[c-]c5c(cc4)-c4ccccc4-c4ccc(-c6ccccc6)cc4N5c4ccccn4)ccc3)[CH-]2)cc(C(C)(C)C)c1.[Pt]. The topological polar surface area (TPSA) is 22.6 Å². The minimum absolute atomic E-state index is 0. The third-order valence-electron chi connectivity index (χ3n) is 10.7. The maximum absolute atomic E-state index is 4.91. The maximum atomic E-state index is 4.91. The first-order valence-corrected chi connectivity index (χ1v) is 20.3. The van der Waals surface area contributed by atoms with E-state index in [9.17, 15) is 0 Å². The summed E-state index contributed by atoms with van der Waals surface area (Å²) in [6, 6.07) is 57.5. The first-order chi connectivity index (χ1) is 27.5. The van der Waals surface area contributed by atoms with Gasteiger partial charge in [-0.25, -0.2) is 4.98 Å². The summed E-state index contributed by atoms with van der Waals surface area (Å²) in [5, 5.41) is 0. The van der Waals surface area contributed by atoms with Crippen molar-refractivity contribution in [2.45, 2.75) is 62.2 Å². The molecule has 0 unspecified atom stereocenters. The summed E-state index contributed by atoms with van der Waals surface area (Å²) >= 11 is 1.67. The molecule has 292 valence electrons. The van der Waals surface area contributed by atoms with E-state index in [2.05, 4.69) is 221 Å². The molecule has 0 radical (unpaired) electrons. The molecule has 3 heterocycles. The van der Waals surface area contributed by atoms with Gasteiger partial charge in [0.25, 0.3) is 0 Å². The van der Waals surface area contributed by atoms with Gasteiger partial charge in [-0.1, -0.05) is 132 Å². The van der Waals surface area contributed by atoms with Crippen LogP contribution in [0.3, 0.4) is 0 Å². The molecule has 0 atom stereocenters. The van der Waals surface area contributed by atoms with E-state index in [0.717, 1.165) is 55.0 Å². The Balaban J connectivity index is 0.00000469. The van der Waals surface area contributed by atoms with Crippen molar-refractivity contribution in [2.75, 3.05) is 14.7 Å². The molecule has 6 heteroatoms. The van der Waals surface area contributed by atoms with E-state index in [4.69, 9.17) is 4.98 Å². The first-order valence-electron chi connectivity index (χ1n) is 19.5. The van der Waals surface area contributed by atoms with Crippen molar-refractivity contribution in [2.24, 2.45) is 0 Å². The summed E-state index contributed by atoms with van der Waals surface area (Å²) in [5.74, 6) is 0.841. The molecule has 0 saturated heterocycles. The number of fused-ring (bicyclic) bond motifs is 5. The molecule has 9 rings (SSSR count). The Hall–Kier alpha value is -5.35. The molecule has 4 nitrogen and oxygen atoms in total. The smallest absolute Gasteiger partial charge is 0.135 e. The summed E-state index contributed by atoms with van der Waals surface area (Å²) in [5.41, 5.74) is 13.8. The number of hydrogen-bond acceptors (Lipinski definition) is 5. The van der Waals surface area contributed by atoms with Gasteiger partial charge in [0.1, 0.15) is 5.82 Å². The average Bonchev–Trinajstić information content (AvgIpc) is 3.68. The van der Waals surface area contributed by atoms with Gasteiger partial charge in [-0.15, -0.1) is 51.6 Å². The van der Waals surface area contributed by atoms with Crippen molar-refractivity contribution in [3.63, 3.8) is 0 Å². The van der Waals surface area contributed by atoms with Gasteiger partial charge < -0.3 is 14.7 Å². The number of anilines is 5. The summed E-state index contributed by atoms with van der Waals surface area (Å²) < 4.78 is 0. The molecule has 6 aromatic carbocycles. The largest absolute Gasteiger partial charge is 0.500 e. The second-order valence-electron chi connectivity index (χ2n) is 16.8. The molecule has 1 aromatic heterocycles. The number of benzene rings is 6. The van der Waals surface area contributed by atoms with Crippen LogP contribution >= 0.6 is 11.8 Å². The van der Waals surface area contributed by atoms with E-state index >= 15 is 0 Å². The normalized spacial score (nSPS) is 13.4. The monoisotopic (exact) mass is 952 g/mol. The minimum Gasteiger partial charge on any atom is -0.500 e. The second kappa shape index (κ2) is 15.8.